The standard InChI is InChI=1S/C48H56O27/c1-17-30(56)35(61)38(64)45(66-17)75-43-37(63)32(58)26(15-50)70-47(43)74-42-34(60)29-23(54)12-22(13-24(29)68-40(42)19-5-9-21(53)10-6-19)67-48-44(72-28(55)11-4-18-2-7-20(52)8-3-18)41(33(59)27(16-51)71-48)73-46-39(65)36(62)31(57)25(14-49)69-46/h2-13,17,25-27,30-33,35-39,41,43-54,56-59,61-65H,14-16H2,1H3/b11-4+/t17-,25-,26-,27-,30-,31-,32-,33-,35+,36+,37+,38+,39-,41+,43-,44-,45-,46+,47+,48-/m1/s1. The van der Waals surface area contributed by atoms with Crippen LogP contribution in [0.5, 0.6) is 28.7 Å². The van der Waals surface area contributed by atoms with Crippen LogP contribution in [0.25, 0.3) is 28.4 Å². The van der Waals surface area contributed by atoms with E-state index in [1.165, 1.54) is 61.5 Å². The Kier molecular flexibility index (Phi) is 17.3. The third-order valence-electron chi connectivity index (χ3n) is 12.9. The zero-order valence-electron chi connectivity index (χ0n) is 39.2. The van der Waals surface area contributed by atoms with Crippen molar-refractivity contribution in [2.75, 3.05) is 19.8 Å². The average molecular weight is 1060 g/mol. The fourth-order valence-corrected chi connectivity index (χ4v) is 8.74. The van der Waals surface area contributed by atoms with E-state index < -0.39 is 188 Å². The van der Waals surface area contributed by atoms with Crippen LogP contribution in [0.2, 0.25) is 0 Å². The Morgan fingerprint density at radius 1 is 0.573 bits per heavy atom. The molecule has 0 aliphatic carbocycles. The topological polar surface area (TPSA) is 434 Å². The van der Waals surface area contributed by atoms with Crippen molar-refractivity contribution in [3.63, 3.8) is 0 Å². The zero-order chi connectivity index (χ0) is 54.2. The van der Waals surface area contributed by atoms with E-state index in [9.17, 15) is 86.2 Å². The molecule has 0 radical (unpaired) electrons. The van der Waals surface area contributed by atoms with E-state index in [1.807, 2.05) is 0 Å². The molecule has 4 aliphatic rings. The number of carbonyl (C=O) groups excluding carboxylic acids is 1. The summed E-state index contributed by atoms with van der Waals surface area (Å²) >= 11 is 0. The molecule has 8 rings (SSSR count). The molecule has 0 unspecified atom stereocenters. The maximum Gasteiger partial charge on any atom is 0.331 e. The molecule has 410 valence electrons. The van der Waals surface area contributed by atoms with Crippen LogP contribution in [-0.2, 0) is 38.0 Å². The lowest BCUT2D eigenvalue weighted by Crippen LogP contribution is -2.65. The lowest BCUT2D eigenvalue weighted by Gasteiger charge is -2.46. The molecule has 0 saturated carbocycles. The molecular weight excluding hydrogens is 1010 g/mol. The van der Waals surface area contributed by atoms with Gasteiger partial charge in [0.2, 0.25) is 23.8 Å². The van der Waals surface area contributed by atoms with Crippen molar-refractivity contribution in [3.05, 3.63) is 82.5 Å². The van der Waals surface area contributed by atoms with Crippen molar-refractivity contribution in [3.8, 4) is 40.1 Å². The number of hydrogen-bond donors (Lipinski definition) is 15. The van der Waals surface area contributed by atoms with Gasteiger partial charge in [0.1, 0.15) is 113 Å². The van der Waals surface area contributed by atoms with Gasteiger partial charge >= 0.3 is 5.97 Å². The van der Waals surface area contributed by atoms with Gasteiger partial charge in [-0.3, -0.25) is 4.79 Å². The highest BCUT2D eigenvalue weighted by molar-refractivity contribution is 5.89. The van der Waals surface area contributed by atoms with E-state index >= 15 is 0 Å². The van der Waals surface area contributed by atoms with Crippen molar-refractivity contribution >= 4 is 23.0 Å². The minimum Gasteiger partial charge on any atom is -0.508 e. The fraction of sp³-hybridized carbons (Fsp3) is 0.500. The first-order valence-electron chi connectivity index (χ1n) is 23.3. The largest absolute Gasteiger partial charge is 0.508 e. The van der Waals surface area contributed by atoms with Gasteiger partial charge in [0.05, 0.1) is 25.9 Å². The fourth-order valence-electron chi connectivity index (χ4n) is 8.74. The van der Waals surface area contributed by atoms with E-state index in [2.05, 4.69) is 0 Å². The van der Waals surface area contributed by atoms with Gasteiger partial charge in [-0.25, -0.2) is 4.79 Å². The maximum atomic E-state index is 14.7. The van der Waals surface area contributed by atoms with Crippen molar-refractivity contribution in [1.29, 1.82) is 0 Å². The zero-order valence-corrected chi connectivity index (χ0v) is 39.2. The summed E-state index contributed by atoms with van der Waals surface area (Å²) in [5.41, 5.74) is -1.21. The highest BCUT2D eigenvalue weighted by Gasteiger charge is 2.54. The molecule has 0 spiro atoms. The number of phenolic OH excluding ortho intramolecular Hbond substituents is 3. The SMILES string of the molecule is C[C@H]1O[C@H](O[C@H]2[C@H](Oc3c(-c4ccc(O)cc4)oc4cc(O[C@@H]5O[C@H](CO)[C@@H](O)[C@H](O[C@@H]6O[C@H](CO)[C@@H](O)[C@H](O)[C@H]6O)[C@H]5OC(=O)/C=C/c5ccc(O)cc5)cc(O)c4c3=O)O[C@H](CO)[C@@H](O)[C@@H]2O)[C@@H](O)[C@@H](O)[C@@H]1O. The lowest BCUT2D eigenvalue weighted by atomic mass is 9.96. The third kappa shape index (κ3) is 11.6. The number of phenols is 3. The van der Waals surface area contributed by atoms with Crippen molar-refractivity contribution in [2.45, 2.75) is 130 Å². The van der Waals surface area contributed by atoms with Gasteiger partial charge in [-0.05, 0) is 55.0 Å². The van der Waals surface area contributed by atoms with Gasteiger partial charge in [-0.1, -0.05) is 12.1 Å². The second kappa shape index (κ2) is 23.3. The highest BCUT2D eigenvalue weighted by Crippen LogP contribution is 2.40. The minimum absolute atomic E-state index is 0.00746. The summed E-state index contributed by atoms with van der Waals surface area (Å²) in [5, 5.41) is 158. The van der Waals surface area contributed by atoms with Crippen LogP contribution >= 0.6 is 0 Å². The predicted octanol–water partition coefficient (Wildman–Crippen LogP) is -4.13. The van der Waals surface area contributed by atoms with Crippen molar-refractivity contribution in [1.82, 2.24) is 0 Å². The average Bonchev–Trinajstić information content (AvgIpc) is 3.39. The van der Waals surface area contributed by atoms with Crippen LogP contribution in [0.15, 0.2) is 76.0 Å². The summed E-state index contributed by atoms with van der Waals surface area (Å²) < 4.78 is 58.4. The van der Waals surface area contributed by atoms with Crippen LogP contribution in [0.1, 0.15) is 12.5 Å². The molecule has 15 N–H and O–H groups in total. The molecule has 4 aliphatic heterocycles. The first-order valence-corrected chi connectivity index (χ1v) is 23.3. The van der Waals surface area contributed by atoms with Crippen LogP contribution < -0.4 is 14.9 Å². The summed E-state index contributed by atoms with van der Waals surface area (Å²) in [7, 11) is 0. The smallest absolute Gasteiger partial charge is 0.331 e. The van der Waals surface area contributed by atoms with Gasteiger partial charge in [0, 0.05) is 23.8 Å². The van der Waals surface area contributed by atoms with Gasteiger partial charge in [0.15, 0.2) is 30.5 Å². The Labute approximate surface area is 422 Å². The van der Waals surface area contributed by atoms with E-state index in [1.54, 1.807) is 0 Å². The third-order valence-corrected chi connectivity index (χ3v) is 12.9. The summed E-state index contributed by atoms with van der Waals surface area (Å²) in [6.07, 6.45) is -34.2. The molecule has 27 nitrogen and oxygen atoms in total. The molecule has 20 atom stereocenters. The summed E-state index contributed by atoms with van der Waals surface area (Å²) in [6, 6.07) is 12.4. The monoisotopic (exact) mass is 1060 g/mol. The number of benzene rings is 3. The lowest BCUT2D eigenvalue weighted by molar-refractivity contribution is -0.354. The number of fused-ring (bicyclic) bond motifs is 1. The second-order valence-electron chi connectivity index (χ2n) is 18.0. The van der Waals surface area contributed by atoms with Crippen LogP contribution in [-0.4, -0.2) is 225 Å². The molecule has 3 aromatic carbocycles. The molecule has 4 aromatic rings. The molecular formula is C48H56O27. The number of aliphatic hydroxyl groups excluding tert-OH is 12. The van der Waals surface area contributed by atoms with E-state index in [-0.39, 0.29) is 17.1 Å². The molecule has 0 bridgehead atoms. The first-order chi connectivity index (χ1) is 35.7. The number of ether oxygens (including phenoxy) is 9. The Bertz CT molecular complexity index is 2660. The quantitative estimate of drug-likeness (QED) is 0.0397. The molecule has 5 heterocycles. The molecule has 4 saturated heterocycles. The Balaban J connectivity index is 1.17. The van der Waals surface area contributed by atoms with Crippen molar-refractivity contribution < 1.29 is 128 Å². The van der Waals surface area contributed by atoms with E-state index in [0.717, 1.165) is 18.2 Å². The van der Waals surface area contributed by atoms with Crippen molar-refractivity contribution in [2.24, 2.45) is 0 Å². The number of aliphatic hydroxyl groups is 12. The Morgan fingerprint density at radius 2 is 1.09 bits per heavy atom. The Hall–Kier alpha value is -5.64. The molecule has 1 aromatic heterocycles. The normalized spacial score (nSPS) is 36.3. The van der Waals surface area contributed by atoms with Gasteiger partial charge in [-0.15, -0.1) is 0 Å². The van der Waals surface area contributed by atoms with Crippen LogP contribution in [0.4, 0.5) is 0 Å². The minimum atomic E-state index is -2.05. The number of esters is 1. The summed E-state index contributed by atoms with van der Waals surface area (Å²) in [6.45, 7) is -1.42. The van der Waals surface area contributed by atoms with Crippen LogP contribution in [0, 0.1) is 0 Å². The number of rotatable bonds is 15. The highest BCUT2D eigenvalue weighted by atomic mass is 16.8. The van der Waals surface area contributed by atoms with E-state index in [0.29, 0.717) is 5.56 Å². The molecule has 0 amide bonds. The number of carbonyl (C=O) groups is 1. The molecule has 75 heavy (non-hydrogen) atoms. The summed E-state index contributed by atoms with van der Waals surface area (Å²) in [5.74, 6) is -4.02. The predicted molar refractivity (Wildman–Crippen MR) is 245 cm³/mol. The number of aromatic hydroxyl groups is 3. The van der Waals surface area contributed by atoms with Gasteiger partial charge in [-0.2, -0.15) is 0 Å². The maximum absolute atomic E-state index is 14.7. The first kappa shape index (κ1) is 55.6. The van der Waals surface area contributed by atoms with Gasteiger partial charge in [0.25, 0.3) is 0 Å². The summed E-state index contributed by atoms with van der Waals surface area (Å²) in [4.78, 5) is 28.2. The van der Waals surface area contributed by atoms with Gasteiger partial charge < -0.3 is 124 Å². The molecule has 4 fully saturated rings. The van der Waals surface area contributed by atoms with E-state index in [4.69, 9.17) is 47.0 Å². The second-order valence-corrected chi connectivity index (χ2v) is 18.0. The molecule has 27 heteroatoms. The number of hydrogen-bond acceptors (Lipinski definition) is 27. The Morgan fingerprint density at radius 3 is 1.71 bits per heavy atom. The van der Waals surface area contributed by atoms with Crippen LogP contribution in [0.3, 0.4) is 0 Å².